The van der Waals surface area contributed by atoms with Gasteiger partial charge in [-0.1, -0.05) is 0 Å². The van der Waals surface area contributed by atoms with Gasteiger partial charge < -0.3 is 15.6 Å². The van der Waals surface area contributed by atoms with E-state index in [1.54, 1.807) is 13.0 Å². The number of nitrogens with zero attached hydrogens (tertiary/aromatic N) is 2. The van der Waals surface area contributed by atoms with Crippen molar-refractivity contribution in [2.24, 2.45) is 5.73 Å². The second kappa shape index (κ2) is 5.26. The van der Waals surface area contributed by atoms with Gasteiger partial charge in [-0.2, -0.15) is 4.98 Å². The van der Waals surface area contributed by atoms with Crippen LogP contribution in [-0.4, -0.2) is 34.1 Å². The molecule has 1 aromatic heterocycles. The first kappa shape index (κ1) is 11.4. The summed E-state index contributed by atoms with van der Waals surface area (Å²) < 4.78 is 5.18. The molecule has 0 fully saturated rings. The maximum absolute atomic E-state index is 8.57. The average Bonchev–Trinajstić information content (AvgIpc) is 2.17. The zero-order chi connectivity index (χ0) is 11.3. The van der Waals surface area contributed by atoms with Crippen LogP contribution in [0.3, 0.4) is 0 Å². The van der Waals surface area contributed by atoms with Crippen LogP contribution < -0.4 is 10.5 Å². The second-order valence-corrected chi connectivity index (χ2v) is 3.02. The first-order chi connectivity index (χ1) is 7.13. The molecule has 15 heavy (non-hydrogen) atoms. The summed E-state index contributed by atoms with van der Waals surface area (Å²) in [7, 11) is 0. The predicted octanol–water partition coefficient (Wildman–Crippen LogP) is -0.170. The smallest absolute Gasteiger partial charge is 0.317 e. The van der Waals surface area contributed by atoms with E-state index in [1.165, 1.54) is 0 Å². The highest BCUT2D eigenvalue weighted by Crippen LogP contribution is 2.06. The number of aryl methyl sites for hydroxylation is 1. The molecule has 0 aliphatic carbocycles. The molecule has 0 radical (unpaired) electrons. The fraction of sp³-hybridized carbons (Fsp3) is 0.444. The van der Waals surface area contributed by atoms with E-state index >= 15 is 0 Å². The molecule has 4 N–H and O–H groups in total. The summed E-state index contributed by atoms with van der Waals surface area (Å²) in [6.45, 7) is 2.18. The molecule has 0 saturated carbocycles. The van der Waals surface area contributed by atoms with Gasteiger partial charge in [-0.05, 0) is 13.0 Å². The van der Waals surface area contributed by atoms with E-state index in [0.717, 1.165) is 0 Å². The molecule has 1 heterocycles. The molecule has 82 valence electrons. The summed E-state index contributed by atoms with van der Waals surface area (Å²) in [5.74, 6) is -0.118. The van der Waals surface area contributed by atoms with Gasteiger partial charge in [0.1, 0.15) is 11.5 Å². The summed E-state index contributed by atoms with van der Waals surface area (Å²) in [5.41, 5.74) is 6.34. The first-order valence-corrected chi connectivity index (χ1v) is 4.57. The Balaban J connectivity index is 2.75. The highest BCUT2D eigenvalue weighted by Gasteiger charge is 2.05. The summed E-state index contributed by atoms with van der Waals surface area (Å²) in [5, 5.41) is 15.8. The lowest BCUT2D eigenvalue weighted by molar-refractivity contribution is 0.224. The standard InChI is InChI=1S/C9H14N4O2/c1-6-5-7(8(10)11)13-9(12-6)15-4-2-3-14/h5,14H,2-4H2,1H3,(H3,10,11). The van der Waals surface area contributed by atoms with Gasteiger partial charge in [-0.15, -0.1) is 0 Å². The van der Waals surface area contributed by atoms with Gasteiger partial charge >= 0.3 is 6.01 Å². The lowest BCUT2D eigenvalue weighted by atomic mass is 10.3. The number of rotatable bonds is 5. The molecule has 0 amide bonds. The van der Waals surface area contributed by atoms with Crippen LogP contribution in [0.5, 0.6) is 6.01 Å². The lowest BCUT2D eigenvalue weighted by Gasteiger charge is -2.05. The quantitative estimate of drug-likeness (QED) is 0.355. The molecular weight excluding hydrogens is 196 g/mol. The van der Waals surface area contributed by atoms with E-state index in [0.29, 0.717) is 24.4 Å². The zero-order valence-electron chi connectivity index (χ0n) is 8.53. The van der Waals surface area contributed by atoms with Crippen LogP contribution in [0, 0.1) is 12.3 Å². The van der Waals surface area contributed by atoms with Crippen LogP contribution in [0.2, 0.25) is 0 Å². The van der Waals surface area contributed by atoms with Crippen molar-refractivity contribution in [1.82, 2.24) is 9.97 Å². The van der Waals surface area contributed by atoms with E-state index < -0.39 is 0 Å². The molecule has 0 aliphatic rings. The zero-order valence-corrected chi connectivity index (χ0v) is 8.53. The fourth-order valence-electron chi connectivity index (χ4n) is 0.972. The average molecular weight is 210 g/mol. The molecule has 0 bridgehead atoms. The van der Waals surface area contributed by atoms with Crippen molar-refractivity contribution in [3.8, 4) is 6.01 Å². The maximum Gasteiger partial charge on any atom is 0.317 e. The topological polar surface area (TPSA) is 105 Å². The van der Waals surface area contributed by atoms with Gasteiger partial charge in [0.05, 0.1) is 6.61 Å². The third-order valence-electron chi connectivity index (χ3n) is 1.64. The van der Waals surface area contributed by atoms with E-state index in [1.807, 2.05) is 0 Å². The molecule has 0 aromatic carbocycles. The van der Waals surface area contributed by atoms with Crippen molar-refractivity contribution in [3.63, 3.8) is 0 Å². The van der Waals surface area contributed by atoms with Crippen LogP contribution >= 0.6 is 0 Å². The third-order valence-corrected chi connectivity index (χ3v) is 1.64. The minimum absolute atomic E-state index is 0.0609. The van der Waals surface area contributed by atoms with Crippen molar-refractivity contribution in [2.75, 3.05) is 13.2 Å². The van der Waals surface area contributed by atoms with Crippen LogP contribution in [0.4, 0.5) is 0 Å². The molecule has 6 heteroatoms. The number of aliphatic hydroxyl groups excluding tert-OH is 1. The molecule has 1 rings (SSSR count). The number of ether oxygens (including phenoxy) is 1. The van der Waals surface area contributed by atoms with Gasteiger partial charge in [0, 0.05) is 18.7 Å². The van der Waals surface area contributed by atoms with Crippen molar-refractivity contribution in [2.45, 2.75) is 13.3 Å². The Hall–Kier alpha value is -1.69. The molecule has 0 aliphatic heterocycles. The number of aromatic nitrogens is 2. The van der Waals surface area contributed by atoms with E-state index in [2.05, 4.69) is 9.97 Å². The molecule has 0 spiro atoms. The largest absolute Gasteiger partial charge is 0.463 e. The Morgan fingerprint density at radius 3 is 2.93 bits per heavy atom. The summed E-state index contributed by atoms with van der Waals surface area (Å²) in [6.07, 6.45) is 0.521. The van der Waals surface area contributed by atoms with Crippen LogP contribution in [0.25, 0.3) is 0 Å². The van der Waals surface area contributed by atoms with Gasteiger partial charge in [0.15, 0.2) is 0 Å². The summed E-state index contributed by atoms with van der Waals surface area (Å²) >= 11 is 0. The highest BCUT2D eigenvalue weighted by molar-refractivity contribution is 5.93. The number of nitrogen functional groups attached to an aromatic ring is 1. The SMILES string of the molecule is Cc1cc(C(=N)N)nc(OCCCO)n1. The molecule has 0 unspecified atom stereocenters. The van der Waals surface area contributed by atoms with Gasteiger partial charge in [-0.25, -0.2) is 4.98 Å². The summed E-state index contributed by atoms with van der Waals surface area (Å²) in [4.78, 5) is 7.96. The Labute approximate surface area is 87.6 Å². The Morgan fingerprint density at radius 2 is 2.33 bits per heavy atom. The van der Waals surface area contributed by atoms with E-state index in [4.69, 9.17) is 21.0 Å². The molecular formula is C9H14N4O2. The molecule has 6 nitrogen and oxygen atoms in total. The minimum Gasteiger partial charge on any atom is -0.463 e. The van der Waals surface area contributed by atoms with E-state index in [9.17, 15) is 0 Å². The van der Waals surface area contributed by atoms with Crippen LogP contribution in [-0.2, 0) is 0 Å². The van der Waals surface area contributed by atoms with Crippen molar-refractivity contribution in [1.29, 1.82) is 5.41 Å². The second-order valence-electron chi connectivity index (χ2n) is 3.02. The fourth-order valence-corrected chi connectivity index (χ4v) is 0.972. The first-order valence-electron chi connectivity index (χ1n) is 4.57. The van der Waals surface area contributed by atoms with E-state index in [-0.39, 0.29) is 18.5 Å². The predicted molar refractivity (Wildman–Crippen MR) is 55.0 cm³/mol. The van der Waals surface area contributed by atoms with Crippen molar-refractivity contribution >= 4 is 5.84 Å². The minimum atomic E-state index is -0.118. The summed E-state index contributed by atoms with van der Waals surface area (Å²) in [6, 6.07) is 1.80. The molecule has 0 atom stereocenters. The third kappa shape index (κ3) is 3.51. The highest BCUT2D eigenvalue weighted by atomic mass is 16.5. The number of amidine groups is 1. The Kier molecular flexibility index (Phi) is 3.99. The van der Waals surface area contributed by atoms with Crippen LogP contribution in [0.1, 0.15) is 17.8 Å². The van der Waals surface area contributed by atoms with Crippen molar-refractivity contribution in [3.05, 3.63) is 17.5 Å². The Morgan fingerprint density at radius 1 is 1.60 bits per heavy atom. The van der Waals surface area contributed by atoms with Gasteiger partial charge in [0.25, 0.3) is 0 Å². The Bertz CT molecular complexity index is 354. The number of nitrogens with two attached hydrogens (primary N) is 1. The number of hydrogen-bond acceptors (Lipinski definition) is 5. The van der Waals surface area contributed by atoms with Crippen molar-refractivity contribution < 1.29 is 9.84 Å². The maximum atomic E-state index is 8.57. The number of nitrogens with one attached hydrogen (secondary N) is 1. The van der Waals surface area contributed by atoms with Crippen LogP contribution in [0.15, 0.2) is 6.07 Å². The lowest BCUT2D eigenvalue weighted by Crippen LogP contribution is -2.15. The monoisotopic (exact) mass is 210 g/mol. The molecule has 1 aromatic rings. The number of hydrogen-bond donors (Lipinski definition) is 3. The normalized spacial score (nSPS) is 10.0. The van der Waals surface area contributed by atoms with Gasteiger partial charge in [0.2, 0.25) is 0 Å². The number of aliphatic hydroxyl groups is 1. The molecule has 0 saturated heterocycles. The van der Waals surface area contributed by atoms with Gasteiger partial charge in [-0.3, -0.25) is 5.41 Å².